The second-order valence-electron chi connectivity index (χ2n) is 3.14. The first-order valence-electron chi connectivity index (χ1n) is 4.75. The molecule has 2 aromatic carbocycles. The van der Waals surface area contributed by atoms with Crippen LogP contribution in [-0.4, -0.2) is 17.9 Å². The van der Waals surface area contributed by atoms with E-state index in [-0.39, 0.29) is 0 Å². The SMILES string of the molecule is O=C(OOCO)c1cccc2ccccc12. The summed E-state index contributed by atoms with van der Waals surface area (Å²) in [5, 5.41) is 10.1. The maximum atomic E-state index is 11.6. The van der Waals surface area contributed by atoms with Crippen LogP contribution < -0.4 is 0 Å². The highest BCUT2D eigenvalue weighted by atomic mass is 17.2. The molecule has 0 saturated carbocycles. The molecule has 0 spiro atoms. The second kappa shape index (κ2) is 4.74. The summed E-state index contributed by atoms with van der Waals surface area (Å²) < 4.78 is 0. The minimum atomic E-state index is -0.656. The lowest BCUT2D eigenvalue weighted by atomic mass is 10.1. The largest absolute Gasteiger partial charge is 0.373 e. The number of hydrogen-bond donors (Lipinski definition) is 1. The molecule has 0 aromatic heterocycles. The quantitative estimate of drug-likeness (QED) is 0.485. The molecule has 0 bridgehead atoms. The first-order valence-corrected chi connectivity index (χ1v) is 4.75. The van der Waals surface area contributed by atoms with E-state index in [0.29, 0.717) is 5.56 Å². The summed E-state index contributed by atoms with van der Waals surface area (Å²) in [4.78, 5) is 20.2. The van der Waals surface area contributed by atoms with E-state index in [1.807, 2.05) is 30.3 Å². The van der Waals surface area contributed by atoms with Crippen LogP contribution in [0.3, 0.4) is 0 Å². The number of fused-ring (bicyclic) bond motifs is 1. The fraction of sp³-hybridized carbons (Fsp3) is 0.0833. The van der Waals surface area contributed by atoms with Gasteiger partial charge < -0.3 is 5.11 Å². The van der Waals surface area contributed by atoms with Gasteiger partial charge in [0.1, 0.15) is 0 Å². The van der Waals surface area contributed by atoms with E-state index in [1.165, 1.54) is 0 Å². The molecular formula is C12H10O4. The van der Waals surface area contributed by atoms with Crippen molar-refractivity contribution in [1.29, 1.82) is 0 Å². The fourth-order valence-electron chi connectivity index (χ4n) is 1.53. The topological polar surface area (TPSA) is 55.8 Å². The van der Waals surface area contributed by atoms with Crippen LogP contribution in [0.4, 0.5) is 0 Å². The van der Waals surface area contributed by atoms with E-state index in [2.05, 4.69) is 9.78 Å². The number of aliphatic hydroxyl groups excluding tert-OH is 1. The maximum absolute atomic E-state index is 11.6. The first kappa shape index (κ1) is 10.6. The van der Waals surface area contributed by atoms with Crippen LogP contribution in [-0.2, 0) is 9.78 Å². The van der Waals surface area contributed by atoms with Crippen molar-refractivity contribution in [3.05, 3.63) is 48.0 Å². The molecule has 82 valence electrons. The lowest BCUT2D eigenvalue weighted by Gasteiger charge is -2.04. The Labute approximate surface area is 92.0 Å². The van der Waals surface area contributed by atoms with Crippen molar-refractivity contribution in [3.8, 4) is 0 Å². The zero-order valence-electron chi connectivity index (χ0n) is 8.42. The van der Waals surface area contributed by atoms with Gasteiger partial charge in [0.25, 0.3) is 0 Å². The van der Waals surface area contributed by atoms with Gasteiger partial charge in [-0.2, -0.15) is 4.89 Å². The fourth-order valence-corrected chi connectivity index (χ4v) is 1.53. The van der Waals surface area contributed by atoms with Gasteiger partial charge in [-0.15, -0.1) is 0 Å². The Bertz CT molecular complexity index is 502. The molecule has 2 aromatic rings. The zero-order chi connectivity index (χ0) is 11.4. The number of aliphatic hydroxyl groups is 1. The van der Waals surface area contributed by atoms with E-state index in [0.717, 1.165) is 10.8 Å². The van der Waals surface area contributed by atoms with Gasteiger partial charge in [-0.1, -0.05) is 36.4 Å². The van der Waals surface area contributed by atoms with E-state index >= 15 is 0 Å². The Morgan fingerprint density at radius 1 is 1.12 bits per heavy atom. The molecule has 0 aliphatic carbocycles. The highest BCUT2D eigenvalue weighted by Gasteiger charge is 2.11. The van der Waals surface area contributed by atoms with Crippen molar-refractivity contribution in [3.63, 3.8) is 0 Å². The van der Waals surface area contributed by atoms with Gasteiger partial charge in [0.05, 0.1) is 5.56 Å². The van der Waals surface area contributed by atoms with Gasteiger partial charge in [-0.3, -0.25) is 4.89 Å². The average molecular weight is 218 g/mol. The average Bonchev–Trinajstić information content (AvgIpc) is 2.35. The van der Waals surface area contributed by atoms with Crippen molar-refractivity contribution in [2.75, 3.05) is 6.79 Å². The molecule has 0 aliphatic heterocycles. The monoisotopic (exact) mass is 218 g/mol. The molecule has 0 radical (unpaired) electrons. The molecule has 0 fully saturated rings. The normalized spacial score (nSPS) is 10.3. The van der Waals surface area contributed by atoms with Gasteiger partial charge in [0.15, 0.2) is 6.79 Å². The van der Waals surface area contributed by atoms with E-state index in [9.17, 15) is 4.79 Å². The first-order chi connectivity index (χ1) is 7.83. The number of hydrogen-bond acceptors (Lipinski definition) is 4. The molecule has 4 nitrogen and oxygen atoms in total. The van der Waals surface area contributed by atoms with Crippen LogP contribution in [0.25, 0.3) is 10.8 Å². The summed E-state index contributed by atoms with van der Waals surface area (Å²) in [6.07, 6.45) is 0. The lowest BCUT2D eigenvalue weighted by Crippen LogP contribution is -2.07. The van der Waals surface area contributed by atoms with E-state index in [1.54, 1.807) is 12.1 Å². The number of carbonyl (C=O) groups is 1. The van der Waals surface area contributed by atoms with Crippen molar-refractivity contribution in [2.45, 2.75) is 0 Å². The Morgan fingerprint density at radius 3 is 2.69 bits per heavy atom. The smallest absolute Gasteiger partial charge is 0.367 e. The summed E-state index contributed by atoms with van der Waals surface area (Å²) in [6, 6.07) is 12.8. The van der Waals surface area contributed by atoms with Crippen molar-refractivity contribution in [2.24, 2.45) is 0 Å². The van der Waals surface area contributed by atoms with Crippen LogP contribution >= 0.6 is 0 Å². The highest BCUT2D eigenvalue weighted by molar-refractivity contribution is 6.04. The van der Waals surface area contributed by atoms with Gasteiger partial charge in [0, 0.05) is 0 Å². The Hall–Kier alpha value is -1.91. The Kier molecular flexibility index (Phi) is 3.14. The minimum absolute atomic E-state index is 0.409. The molecule has 2 rings (SSSR count). The molecule has 1 N–H and O–H groups in total. The van der Waals surface area contributed by atoms with Crippen LogP contribution in [0.2, 0.25) is 0 Å². The summed E-state index contributed by atoms with van der Waals surface area (Å²) in [7, 11) is 0. The summed E-state index contributed by atoms with van der Waals surface area (Å²) in [5.41, 5.74) is 0.409. The molecule has 0 saturated heterocycles. The number of benzene rings is 2. The molecule has 0 heterocycles. The molecule has 0 aliphatic rings. The van der Waals surface area contributed by atoms with Crippen molar-refractivity contribution in [1.82, 2.24) is 0 Å². The summed E-state index contributed by atoms with van der Waals surface area (Å²) in [5.74, 6) is -0.620. The third-order valence-corrected chi connectivity index (χ3v) is 2.20. The number of carbonyl (C=O) groups excluding carboxylic acids is 1. The van der Waals surface area contributed by atoms with Crippen molar-refractivity contribution >= 4 is 16.7 Å². The second-order valence-corrected chi connectivity index (χ2v) is 3.14. The Morgan fingerprint density at radius 2 is 1.88 bits per heavy atom. The third kappa shape index (κ3) is 2.03. The summed E-state index contributed by atoms with van der Waals surface area (Å²) in [6.45, 7) is -0.656. The van der Waals surface area contributed by atoms with E-state index in [4.69, 9.17) is 5.11 Å². The third-order valence-electron chi connectivity index (χ3n) is 2.20. The Balaban J connectivity index is 2.40. The van der Waals surface area contributed by atoms with Gasteiger partial charge in [-0.05, 0) is 16.8 Å². The zero-order valence-corrected chi connectivity index (χ0v) is 8.42. The van der Waals surface area contributed by atoms with Gasteiger partial charge >= 0.3 is 5.97 Å². The molecule has 4 heteroatoms. The maximum Gasteiger partial charge on any atom is 0.373 e. The van der Waals surface area contributed by atoms with Crippen LogP contribution in [0.5, 0.6) is 0 Å². The lowest BCUT2D eigenvalue weighted by molar-refractivity contribution is -0.280. The van der Waals surface area contributed by atoms with E-state index < -0.39 is 12.8 Å². The summed E-state index contributed by atoms with van der Waals surface area (Å²) >= 11 is 0. The van der Waals surface area contributed by atoms with Crippen LogP contribution in [0, 0.1) is 0 Å². The minimum Gasteiger partial charge on any atom is -0.367 e. The predicted octanol–water partition coefficient (Wildman–Crippen LogP) is 1.88. The predicted molar refractivity (Wildman–Crippen MR) is 57.5 cm³/mol. The molecule has 0 atom stereocenters. The molecule has 16 heavy (non-hydrogen) atoms. The van der Waals surface area contributed by atoms with Crippen molar-refractivity contribution < 1.29 is 19.7 Å². The molecule has 0 amide bonds. The standard InChI is InChI=1S/C12H10O4/c13-8-15-16-12(14)11-7-3-5-9-4-1-2-6-10(9)11/h1-7,13H,8H2. The van der Waals surface area contributed by atoms with Gasteiger partial charge in [-0.25, -0.2) is 4.79 Å². The number of rotatable bonds is 3. The van der Waals surface area contributed by atoms with Crippen LogP contribution in [0.15, 0.2) is 42.5 Å². The van der Waals surface area contributed by atoms with Crippen LogP contribution in [0.1, 0.15) is 10.4 Å². The molecular weight excluding hydrogens is 208 g/mol. The van der Waals surface area contributed by atoms with Gasteiger partial charge in [0.2, 0.25) is 0 Å². The highest BCUT2D eigenvalue weighted by Crippen LogP contribution is 2.19. The molecule has 0 unspecified atom stereocenters.